The average molecular weight is 379 g/mol. The molecule has 28 heavy (non-hydrogen) atoms. The zero-order chi connectivity index (χ0) is 19.5. The van der Waals surface area contributed by atoms with Crippen molar-refractivity contribution in [1.82, 2.24) is 4.90 Å². The smallest absolute Gasteiger partial charge is 0.335 e. The van der Waals surface area contributed by atoms with E-state index in [9.17, 15) is 14.7 Å². The van der Waals surface area contributed by atoms with Crippen LogP contribution in [0.3, 0.4) is 0 Å². The van der Waals surface area contributed by atoms with Crippen LogP contribution in [-0.2, 0) is 11.2 Å². The lowest BCUT2D eigenvalue weighted by atomic mass is 9.86. The number of amides is 1. The summed E-state index contributed by atoms with van der Waals surface area (Å²) in [6.07, 6.45) is 3.29. The van der Waals surface area contributed by atoms with E-state index in [1.54, 1.807) is 12.1 Å². The standard InChI is InChI=1S/C23H25NO4/c25-22(20-11-14-28-21-8-4-3-7-19(20)21)24-12-9-16(10-13-24)15-17-5-1-2-6-18(17)23(26)27/h1-8,16,20H,9-15H2,(H,26,27). The van der Waals surface area contributed by atoms with Gasteiger partial charge in [-0.1, -0.05) is 36.4 Å². The molecule has 2 aromatic carbocycles. The predicted molar refractivity (Wildman–Crippen MR) is 106 cm³/mol. The number of ether oxygens (including phenoxy) is 1. The van der Waals surface area contributed by atoms with Crippen LogP contribution in [0.5, 0.6) is 5.75 Å². The molecule has 1 fully saturated rings. The Labute approximate surface area is 164 Å². The topological polar surface area (TPSA) is 66.8 Å². The Morgan fingerprint density at radius 2 is 1.71 bits per heavy atom. The maximum Gasteiger partial charge on any atom is 0.335 e. The highest BCUT2D eigenvalue weighted by atomic mass is 16.5. The summed E-state index contributed by atoms with van der Waals surface area (Å²) >= 11 is 0. The normalized spacial score (nSPS) is 19.6. The van der Waals surface area contributed by atoms with Crippen molar-refractivity contribution in [2.75, 3.05) is 19.7 Å². The van der Waals surface area contributed by atoms with Gasteiger partial charge < -0.3 is 14.7 Å². The van der Waals surface area contributed by atoms with Crippen LogP contribution in [0.25, 0.3) is 0 Å². The van der Waals surface area contributed by atoms with E-state index in [1.165, 1.54) is 0 Å². The Morgan fingerprint density at radius 3 is 2.50 bits per heavy atom. The largest absolute Gasteiger partial charge is 0.493 e. The third-order valence-electron chi connectivity index (χ3n) is 5.94. The molecule has 2 aliphatic rings. The van der Waals surface area contributed by atoms with Crippen molar-refractivity contribution in [3.63, 3.8) is 0 Å². The first kappa shape index (κ1) is 18.5. The van der Waals surface area contributed by atoms with Crippen molar-refractivity contribution in [3.05, 3.63) is 65.2 Å². The van der Waals surface area contributed by atoms with Crippen LogP contribution in [0.2, 0.25) is 0 Å². The Balaban J connectivity index is 1.39. The van der Waals surface area contributed by atoms with Crippen LogP contribution in [0.4, 0.5) is 0 Å². The van der Waals surface area contributed by atoms with E-state index in [-0.39, 0.29) is 11.8 Å². The van der Waals surface area contributed by atoms with Crippen LogP contribution in [0.15, 0.2) is 48.5 Å². The summed E-state index contributed by atoms with van der Waals surface area (Å²) in [5, 5.41) is 9.37. The maximum atomic E-state index is 13.1. The summed E-state index contributed by atoms with van der Waals surface area (Å²) in [5.41, 5.74) is 2.27. The van der Waals surface area contributed by atoms with Crippen molar-refractivity contribution in [1.29, 1.82) is 0 Å². The summed E-state index contributed by atoms with van der Waals surface area (Å²) in [7, 11) is 0. The molecular weight excluding hydrogens is 354 g/mol. The number of carbonyl (C=O) groups is 2. The molecule has 0 spiro atoms. The van der Waals surface area contributed by atoms with Crippen LogP contribution in [-0.4, -0.2) is 41.6 Å². The fraction of sp³-hybridized carbons (Fsp3) is 0.391. The highest BCUT2D eigenvalue weighted by Crippen LogP contribution is 2.35. The number of piperidine rings is 1. The van der Waals surface area contributed by atoms with E-state index in [0.29, 0.717) is 18.1 Å². The second kappa shape index (κ2) is 8.05. The van der Waals surface area contributed by atoms with Gasteiger partial charge >= 0.3 is 5.97 Å². The molecule has 0 aliphatic carbocycles. The maximum absolute atomic E-state index is 13.1. The molecule has 0 aromatic heterocycles. The van der Waals surface area contributed by atoms with Crippen LogP contribution in [0, 0.1) is 5.92 Å². The van der Waals surface area contributed by atoms with Gasteiger partial charge in [0.2, 0.25) is 5.91 Å². The van der Waals surface area contributed by atoms with Gasteiger partial charge in [-0.05, 0) is 49.3 Å². The highest BCUT2D eigenvalue weighted by Gasteiger charge is 2.33. The number of carbonyl (C=O) groups excluding carboxylic acids is 1. The molecule has 1 N–H and O–H groups in total. The zero-order valence-electron chi connectivity index (χ0n) is 15.8. The number of rotatable bonds is 4. The Hall–Kier alpha value is -2.82. The van der Waals surface area contributed by atoms with E-state index < -0.39 is 5.97 Å². The molecule has 0 saturated carbocycles. The zero-order valence-corrected chi connectivity index (χ0v) is 15.8. The van der Waals surface area contributed by atoms with Gasteiger partial charge in [0.25, 0.3) is 0 Å². The van der Waals surface area contributed by atoms with Crippen molar-refractivity contribution < 1.29 is 19.4 Å². The van der Waals surface area contributed by atoms with Crippen LogP contribution >= 0.6 is 0 Å². The number of nitrogens with zero attached hydrogens (tertiary/aromatic N) is 1. The molecule has 2 heterocycles. The lowest BCUT2D eigenvalue weighted by molar-refractivity contribution is -0.134. The summed E-state index contributed by atoms with van der Waals surface area (Å²) in [6.45, 7) is 2.05. The van der Waals surface area contributed by atoms with Gasteiger partial charge in [-0.25, -0.2) is 4.79 Å². The predicted octanol–water partition coefficient (Wildman–Crippen LogP) is 3.73. The molecule has 4 rings (SSSR count). The number of para-hydroxylation sites is 1. The Kier molecular flexibility index (Phi) is 5.33. The van der Waals surface area contributed by atoms with E-state index >= 15 is 0 Å². The number of hydrogen-bond acceptors (Lipinski definition) is 3. The minimum absolute atomic E-state index is 0.116. The van der Waals surface area contributed by atoms with Gasteiger partial charge in [0.1, 0.15) is 5.75 Å². The highest BCUT2D eigenvalue weighted by molar-refractivity contribution is 5.89. The van der Waals surface area contributed by atoms with E-state index in [0.717, 1.165) is 55.6 Å². The fourth-order valence-electron chi connectivity index (χ4n) is 4.39. The molecule has 2 aromatic rings. The fourth-order valence-corrected chi connectivity index (χ4v) is 4.39. The van der Waals surface area contributed by atoms with E-state index in [4.69, 9.17) is 4.74 Å². The van der Waals surface area contributed by atoms with E-state index in [1.807, 2.05) is 41.3 Å². The van der Waals surface area contributed by atoms with Gasteiger partial charge in [-0.15, -0.1) is 0 Å². The minimum Gasteiger partial charge on any atom is -0.493 e. The van der Waals surface area contributed by atoms with Crippen molar-refractivity contribution in [3.8, 4) is 5.75 Å². The molecule has 0 bridgehead atoms. The molecule has 5 heteroatoms. The summed E-state index contributed by atoms with van der Waals surface area (Å²) in [6, 6.07) is 15.0. The molecule has 146 valence electrons. The molecule has 1 unspecified atom stereocenters. The van der Waals surface area contributed by atoms with Gasteiger partial charge in [-0.2, -0.15) is 0 Å². The number of aromatic carboxylic acids is 1. The third kappa shape index (κ3) is 3.75. The van der Waals surface area contributed by atoms with Crippen LogP contribution < -0.4 is 4.74 Å². The third-order valence-corrected chi connectivity index (χ3v) is 5.94. The first-order valence-electron chi connectivity index (χ1n) is 9.95. The number of fused-ring (bicyclic) bond motifs is 1. The minimum atomic E-state index is -0.874. The average Bonchev–Trinajstić information content (AvgIpc) is 2.73. The summed E-state index contributed by atoms with van der Waals surface area (Å²) in [4.78, 5) is 26.5. The molecular formula is C23H25NO4. The second-order valence-corrected chi connectivity index (χ2v) is 7.66. The Morgan fingerprint density at radius 1 is 1.00 bits per heavy atom. The molecule has 5 nitrogen and oxygen atoms in total. The molecule has 1 atom stereocenters. The molecule has 1 saturated heterocycles. The summed E-state index contributed by atoms with van der Waals surface area (Å²) in [5.74, 6) is 0.439. The monoisotopic (exact) mass is 379 g/mol. The summed E-state index contributed by atoms with van der Waals surface area (Å²) < 4.78 is 5.69. The van der Waals surface area contributed by atoms with Gasteiger partial charge in [0.05, 0.1) is 18.1 Å². The number of benzene rings is 2. The SMILES string of the molecule is O=C(O)c1ccccc1CC1CCN(C(=O)C2CCOc3ccccc32)CC1. The van der Waals surface area contributed by atoms with Crippen molar-refractivity contribution in [2.45, 2.75) is 31.6 Å². The van der Waals surface area contributed by atoms with E-state index in [2.05, 4.69) is 0 Å². The number of carboxylic acid groups (broad SMARTS) is 1. The second-order valence-electron chi connectivity index (χ2n) is 7.66. The van der Waals surface area contributed by atoms with Gasteiger partial charge in [-0.3, -0.25) is 4.79 Å². The molecule has 0 radical (unpaired) electrons. The lowest BCUT2D eigenvalue weighted by Gasteiger charge is -2.36. The Bertz CT molecular complexity index is 870. The van der Waals surface area contributed by atoms with Gasteiger partial charge in [0.15, 0.2) is 0 Å². The first-order valence-corrected chi connectivity index (χ1v) is 9.95. The molecule has 2 aliphatic heterocycles. The lowest BCUT2D eigenvalue weighted by Crippen LogP contribution is -2.42. The van der Waals surface area contributed by atoms with Crippen molar-refractivity contribution >= 4 is 11.9 Å². The van der Waals surface area contributed by atoms with Crippen molar-refractivity contribution in [2.24, 2.45) is 5.92 Å². The first-order chi connectivity index (χ1) is 13.6. The number of likely N-dealkylation sites (tertiary alicyclic amines) is 1. The quantitative estimate of drug-likeness (QED) is 0.879. The van der Waals surface area contributed by atoms with Crippen LogP contribution in [0.1, 0.15) is 46.7 Å². The molecule has 1 amide bonds. The number of carboxylic acids is 1. The number of hydrogen-bond donors (Lipinski definition) is 1. The van der Waals surface area contributed by atoms with Gasteiger partial charge in [0, 0.05) is 18.7 Å².